The van der Waals surface area contributed by atoms with Gasteiger partial charge >= 0.3 is 0 Å². The molecule has 0 atom stereocenters. The maximum Gasteiger partial charge on any atom is 0.242 e. The molecule has 1 heterocycles. The standard InChI is InChI=1S/C13H23N3O2S/c1-3-7-16-10-13(8-12(16)9-14-4-2)19(17,18)15-11-5-6-11/h8,10-11,14-15H,3-7,9H2,1-2H3. The fraction of sp³-hybridized carbons (Fsp3) is 0.692. The highest BCUT2D eigenvalue weighted by Gasteiger charge is 2.28. The molecule has 1 aromatic rings. The molecule has 0 aliphatic heterocycles. The number of nitrogens with one attached hydrogen (secondary N) is 2. The van der Waals surface area contributed by atoms with Crippen molar-refractivity contribution in [2.75, 3.05) is 6.54 Å². The molecule has 1 saturated carbocycles. The summed E-state index contributed by atoms with van der Waals surface area (Å²) in [6.45, 7) is 6.56. The summed E-state index contributed by atoms with van der Waals surface area (Å²) in [5.41, 5.74) is 1.03. The van der Waals surface area contributed by atoms with Crippen molar-refractivity contribution < 1.29 is 8.42 Å². The molecule has 0 amide bonds. The number of hydrogen-bond donors (Lipinski definition) is 2. The Morgan fingerprint density at radius 1 is 1.37 bits per heavy atom. The summed E-state index contributed by atoms with van der Waals surface area (Å²) in [6, 6.07) is 1.93. The second kappa shape index (κ2) is 6.07. The Kier molecular flexibility index (Phi) is 4.65. The van der Waals surface area contributed by atoms with Crippen LogP contribution < -0.4 is 10.0 Å². The molecule has 1 fully saturated rings. The van der Waals surface area contributed by atoms with Gasteiger partial charge in [-0.2, -0.15) is 0 Å². The zero-order valence-electron chi connectivity index (χ0n) is 11.6. The van der Waals surface area contributed by atoms with E-state index < -0.39 is 10.0 Å². The number of aromatic nitrogens is 1. The Balaban J connectivity index is 2.19. The second-order valence-corrected chi connectivity index (χ2v) is 6.75. The van der Waals surface area contributed by atoms with Crippen LogP contribution in [-0.2, 0) is 23.1 Å². The lowest BCUT2D eigenvalue weighted by molar-refractivity contribution is 0.579. The van der Waals surface area contributed by atoms with E-state index in [1.54, 1.807) is 12.3 Å². The van der Waals surface area contributed by atoms with Crippen molar-refractivity contribution in [2.24, 2.45) is 0 Å². The van der Waals surface area contributed by atoms with Crippen LogP contribution in [0, 0.1) is 0 Å². The Labute approximate surface area is 115 Å². The van der Waals surface area contributed by atoms with Crippen LogP contribution in [0.1, 0.15) is 38.8 Å². The predicted molar refractivity (Wildman–Crippen MR) is 75.4 cm³/mol. The molecule has 0 saturated heterocycles. The Hall–Kier alpha value is -0.850. The Morgan fingerprint density at radius 3 is 2.68 bits per heavy atom. The van der Waals surface area contributed by atoms with Crippen molar-refractivity contribution in [3.05, 3.63) is 18.0 Å². The SMILES string of the molecule is CCCn1cc(S(=O)(=O)NC2CC2)cc1CNCC. The molecule has 0 radical (unpaired) electrons. The molecule has 1 aromatic heterocycles. The molecule has 1 aliphatic carbocycles. The molecule has 2 rings (SSSR count). The maximum atomic E-state index is 12.2. The second-order valence-electron chi connectivity index (χ2n) is 5.04. The Morgan fingerprint density at radius 2 is 2.11 bits per heavy atom. The number of rotatable bonds is 8. The van der Waals surface area contributed by atoms with E-state index >= 15 is 0 Å². The summed E-state index contributed by atoms with van der Waals surface area (Å²) in [6.07, 6.45) is 4.66. The molecule has 108 valence electrons. The van der Waals surface area contributed by atoms with Crippen LogP contribution in [0.3, 0.4) is 0 Å². The number of nitrogens with zero attached hydrogens (tertiary/aromatic N) is 1. The smallest absolute Gasteiger partial charge is 0.242 e. The van der Waals surface area contributed by atoms with Gasteiger partial charge in [-0.3, -0.25) is 0 Å². The van der Waals surface area contributed by atoms with Crippen LogP contribution in [0.4, 0.5) is 0 Å². The van der Waals surface area contributed by atoms with E-state index in [1.807, 2.05) is 11.5 Å². The predicted octanol–water partition coefficient (Wildman–Crippen LogP) is 1.45. The monoisotopic (exact) mass is 285 g/mol. The van der Waals surface area contributed by atoms with Crippen LogP contribution >= 0.6 is 0 Å². The minimum atomic E-state index is -3.34. The van der Waals surface area contributed by atoms with Crippen molar-refractivity contribution in [2.45, 2.75) is 57.1 Å². The van der Waals surface area contributed by atoms with Gasteiger partial charge < -0.3 is 9.88 Å². The summed E-state index contributed by atoms with van der Waals surface area (Å²) >= 11 is 0. The minimum absolute atomic E-state index is 0.150. The molecule has 0 spiro atoms. The highest BCUT2D eigenvalue weighted by molar-refractivity contribution is 7.89. The lowest BCUT2D eigenvalue weighted by Gasteiger charge is -2.07. The first-order valence-corrected chi connectivity index (χ1v) is 8.47. The first kappa shape index (κ1) is 14.6. The van der Waals surface area contributed by atoms with Gasteiger partial charge in [-0.1, -0.05) is 13.8 Å². The third kappa shape index (κ3) is 3.81. The zero-order chi connectivity index (χ0) is 13.9. The third-order valence-corrected chi connectivity index (χ3v) is 4.68. The van der Waals surface area contributed by atoms with Crippen molar-refractivity contribution in [1.29, 1.82) is 0 Å². The van der Waals surface area contributed by atoms with Gasteiger partial charge in [0.1, 0.15) is 0 Å². The van der Waals surface area contributed by atoms with E-state index in [0.717, 1.165) is 38.0 Å². The minimum Gasteiger partial charge on any atom is -0.349 e. The summed E-state index contributed by atoms with van der Waals surface area (Å²) in [4.78, 5) is 0.390. The number of sulfonamides is 1. The van der Waals surface area contributed by atoms with Gasteiger partial charge in [0.15, 0.2) is 0 Å². The topological polar surface area (TPSA) is 63.1 Å². The van der Waals surface area contributed by atoms with Gasteiger partial charge in [0.25, 0.3) is 0 Å². The normalized spacial score (nSPS) is 15.9. The first-order valence-electron chi connectivity index (χ1n) is 6.99. The summed E-state index contributed by atoms with van der Waals surface area (Å²) < 4.78 is 29.1. The largest absolute Gasteiger partial charge is 0.349 e. The van der Waals surface area contributed by atoms with Crippen LogP contribution in [0.15, 0.2) is 17.2 Å². The molecule has 1 aliphatic rings. The summed E-state index contributed by atoms with van der Waals surface area (Å²) in [5.74, 6) is 0. The summed E-state index contributed by atoms with van der Waals surface area (Å²) in [7, 11) is -3.34. The van der Waals surface area contributed by atoms with Crippen molar-refractivity contribution >= 4 is 10.0 Å². The third-order valence-electron chi connectivity index (χ3n) is 3.19. The molecular formula is C13H23N3O2S. The highest BCUT2D eigenvalue weighted by atomic mass is 32.2. The van der Waals surface area contributed by atoms with Crippen molar-refractivity contribution in [3.63, 3.8) is 0 Å². The molecule has 19 heavy (non-hydrogen) atoms. The maximum absolute atomic E-state index is 12.2. The Bertz CT molecular complexity index is 518. The average molecular weight is 285 g/mol. The van der Waals surface area contributed by atoms with Gasteiger partial charge in [0, 0.05) is 31.0 Å². The quantitative estimate of drug-likeness (QED) is 0.760. The van der Waals surface area contributed by atoms with Crippen molar-refractivity contribution in [3.8, 4) is 0 Å². The van der Waals surface area contributed by atoms with Gasteiger partial charge in [-0.15, -0.1) is 0 Å². The highest BCUT2D eigenvalue weighted by Crippen LogP contribution is 2.23. The molecule has 2 N–H and O–H groups in total. The van der Waals surface area contributed by atoms with E-state index in [2.05, 4.69) is 17.0 Å². The fourth-order valence-corrected chi connectivity index (χ4v) is 3.38. The van der Waals surface area contributed by atoms with E-state index in [9.17, 15) is 8.42 Å². The lowest BCUT2D eigenvalue weighted by Crippen LogP contribution is -2.25. The molecule has 5 nitrogen and oxygen atoms in total. The van der Waals surface area contributed by atoms with Crippen LogP contribution in [0.25, 0.3) is 0 Å². The van der Waals surface area contributed by atoms with E-state index in [4.69, 9.17) is 0 Å². The van der Waals surface area contributed by atoms with Crippen LogP contribution in [0.2, 0.25) is 0 Å². The zero-order valence-corrected chi connectivity index (χ0v) is 12.5. The van der Waals surface area contributed by atoms with E-state index in [1.165, 1.54) is 0 Å². The molecule has 0 bridgehead atoms. The van der Waals surface area contributed by atoms with Crippen LogP contribution in [-0.4, -0.2) is 25.6 Å². The van der Waals surface area contributed by atoms with Gasteiger partial charge in [-0.05, 0) is 31.9 Å². The molecule has 6 heteroatoms. The first-order chi connectivity index (χ1) is 9.06. The van der Waals surface area contributed by atoms with Gasteiger partial charge in [0.2, 0.25) is 10.0 Å². The molecule has 0 unspecified atom stereocenters. The summed E-state index contributed by atoms with van der Waals surface area (Å²) in [5, 5.41) is 3.25. The van der Waals surface area contributed by atoms with E-state index in [0.29, 0.717) is 11.4 Å². The van der Waals surface area contributed by atoms with Crippen molar-refractivity contribution in [1.82, 2.24) is 14.6 Å². The fourth-order valence-electron chi connectivity index (χ4n) is 2.01. The number of hydrogen-bond acceptors (Lipinski definition) is 3. The van der Waals surface area contributed by atoms with Gasteiger partial charge in [-0.25, -0.2) is 13.1 Å². The lowest BCUT2D eigenvalue weighted by atomic mass is 10.4. The molecule has 0 aromatic carbocycles. The molecular weight excluding hydrogens is 262 g/mol. The number of aryl methyl sites for hydroxylation is 1. The van der Waals surface area contributed by atoms with Crippen LogP contribution in [0.5, 0.6) is 0 Å². The average Bonchev–Trinajstić information content (AvgIpc) is 3.05. The van der Waals surface area contributed by atoms with E-state index in [-0.39, 0.29) is 6.04 Å². The van der Waals surface area contributed by atoms with Gasteiger partial charge in [0.05, 0.1) is 4.90 Å².